The van der Waals surface area contributed by atoms with Crippen molar-refractivity contribution in [2.24, 2.45) is 5.92 Å². The van der Waals surface area contributed by atoms with Crippen molar-refractivity contribution >= 4 is 28.9 Å². The van der Waals surface area contributed by atoms with E-state index in [-0.39, 0.29) is 36.1 Å². The number of imide groups is 1. The van der Waals surface area contributed by atoms with Gasteiger partial charge in [0.1, 0.15) is 23.8 Å². The van der Waals surface area contributed by atoms with Crippen molar-refractivity contribution in [3.63, 3.8) is 0 Å². The molecule has 11 heteroatoms. The molecule has 0 bridgehead atoms. The molecule has 2 atom stereocenters. The number of urea groups is 1. The molecule has 1 aliphatic heterocycles. The topological polar surface area (TPSA) is 126 Å². The summed E-state index contributed by atoms with van der Waals surface area (Å²) in [5.41, 5.74) is 3.87. The normalized spacial score (nSPS) is 18.7. The second-order valence-corrected chi connectivity index (χ2v) is 14.8. The Bertz CT molecular complexity index is 2020. The van der Waals surface area contributed by atoms with E-state index in [0.717, 1.165) is 65.0 Å². The second-order valence-electron chi connectivity index (χ2n) is 14.8. The van der Waals surface area contributed by atoms with Crippen LogP contribution in [0.15, 0.2) is 103 Å². The number of nitrogens with zero attached hydrogens (tertiary/aromatic N) is 2. The third-order valence-corrected chi connectivity index (χ3v) is 10.7. The van der Waals surface area contributed by atoms with Crippen LogP contribution in [0.1, 0.15) is 67.1 Å². The minimum absolute atomic E-state index is 0.00777. The number of carbonyl (C=O) groups is 3. The highest BCUT2D eigenvalue weighted by atomic mass is 19.1. The molecule has 0 unspecified atom stereocenters. The zero-order valence-electron chi connectivity index (χ0n) is 31.9. The molecule has 0 saturated carbocycles. The zero-order valence-corrected chi connectivity index (χ0v) is 31.9. The van der Waals surface area contributed by atoms with Gasteiger partial charge < -0.3 is 24.7 Å². The Hall–Kier alpha value is -5.39. The number of imidazole rings is 1. The van der Waals surface area contributed by atoms with Gasteiger partial charge in [-0.25, -0.2) is 19.0 Å². The third-order valence-electron chi connectivity index (χ3n) is 10.7. The van der Waals surface area contributed by atoms with E-state index in [1.165, 1.54) is 13.2 Å². The van der Waals surface area contributed by atoms with Gasteiger partial charge in [0, 0.05) is 32.4 Å². The Kier molecular flexibility index (Phi) is 12.4. The summed E-state index contributed by atoms with van der Waals surface area (Å²) in [6.07, 6.45) is 3.92. The largest absolute Gasteiger partial charge is 0.457 e. The average Bonchev–Trinajstić information content (AvgIpc) is 3.74. The Balaban J connectivity index is 0.000000226. The van der Waals surface area contributed by atoms with Gasteiger partial charge in [0.2, 0.25) is 0 Å². The first-order chi connectivity index (χ1) is 26.5. The van der Waals surface area contributed by atoms with Gasteiger partial charge in [-0.15, -0.1) is 0 Å². The molecule has 1 fully saturated rings. The highest BCUT2D eigenvalue weighted by molar-refractivity contribution is 6.09. The molecule has 3 N–H and O–H groups in total. The van der Waals surface area contributed by atoms with Gasteiger partial charge in [-0.2, -0.15) is 0 Å². The monoisotopic (exact) mass is 747 g/mol. The number of methoxy groups -OCH3 is 1. The number of amides is 3. The standard InChI is InChI=1S/C29H38FN3O3.C15H12N2O2/c1-20(2)28-23-12-11-22(30)18-21(23)13-14-29(28,36-27(34)19-35-4)15-17-33(3)16-7-10-26-31-24-8-5-6-9-25(24)32-26;18-13-15(17-14(19)16-13,11-7-3-1-4-8-11)12-9-5-2-6-10-12/h5-6,8-9,11-12,18,20,28H,7,10,13-17,19H2,1-4H3,(H,31,32);1-10H,(H2,16,17,18,19)/t28-,29-;/m0./s1. The number of fused-ring (bicyclic) bond motifs is 2. The summed E-state index contributed by atoms with van der Waals surface area (Å²) in [4.78, 5) is 46.9. The number of para-hydroxylation sites is 2. The molecular weight excluding hydrogens is 698 g/mol. The highest BCUT2D eigenvalue weighted by Gasteiger charge is 2.49. The van der Waals surface area contributed by atoms with Crippen molar-refractivity contribution in [3.05, 3.63) is 137 Å². The molecular formula is C44H50FN5O5. The van der Waals surface area contributed by atoms with E-state index in [1.807, 2.05) is 91.0 Å². The minimum atomic E-state index is -1.14. The number of hydrogen-bond donors (Lipinski definition) is 3. The number of esters is 1. The molecule has 5 aromatic rings. The zero-order chi connectivity index (χ0) is 39.0. The number of halogens is 1. The Morgan fingerprint density at radius 1 is 0.945 bits per heavy atom. The van der Waals surface area contributed by atoms with Crippen LogP contribution in [0.5, 0.6) is 0 Å². The molecule has 1 saturated heterocycles. The number of rotatable bonds is 13. The summed E-state index contributed by atoms with van der Waals surface area (Å²) < 4.78 is 25.3. The number of nitrogens with one attached hydrogen (secondary N) is 3. The molecule has 10 nitrogen and oxygen atoms in total. The molecule has 3 amide bonds. The van der Waals surface area contributed by atoms with Gasteiger partial charge >= 0.3 is 12.0 Å². The van der Waals surface area contributed by atoms with Crippen LogP contribution in [0.25, 0.3) is 11.0 Å². The van der Waals surface area contributed by atoms with Crippen molar-refractivity contribution in [3.8, 4) is 0 Å². The van der Waals surface area contributed by atoms with Crippen LogP contribution in [0.2, 0.25) is 0 Å². The summed E-state index contributed by atoms with van der Waals surface area (Å²) in [5.74, 6) is 0.306. The maximum Gasteiger partial charge on any atom is 0.332 e. The summed E-state index contributed by atoms with van der Waals surface area (Å²) in [5, 5.41) is 5.07. The maximum atomic E-state index is 14.0. The first-order valence-corrected chi connectivity index (χ1v) is 18.9. The highest BCUT2D eigenvalue weighted by Crippen LogP contribution is 2.48. The van der Waals surface area contributed by atoms with Crippen molar-refractivity contribution in [2.75, 3.05) is 33.9 Å². The summed E-state index contributed by atoms with van der Waals surface area (Å²) in [7, 11) is 3.61. The number of aromatic nitrogens is 2. The van der Waals surface area contributed by atoms with E-state index >= 15 is 0 Å². The SMILES string of the molecule is COCC(=O)O[C@]1(CCN(C)CCCc2nc3ccccc3[nH]2)CCc2cc(F)ccc2[C@@H]1C(C)C.O=C1NC(=O)C(c2ccccc2)(c2ccccc2)N1. The first kappa shape index (κ1) is 39.3. The summed E-state index contributed by atoms with van der Waals surface area (Å²) in [6, 6.07) is 31.1. The fourth-order valence-electron chi connectivity index (χ4n) is 8.20. The Labute approximate surface area is 321 Å². The van der Waals surface area contributed by atoms with Crippen LogP contribution in [0.4, 0.5) is 9.18 Å². The Morgan fingerprint density at radius 3 is 2.24 bits per heavy atom. The van der Waals surface area contributed by atoms with Gasteiger partial charge in [-0.05, 0) is 85.3 Å². The number of hydrogen-bond acceptors (Lipinski definition) is 7. The first-order valence-electron chi connectivity index (χ1n) is 18.9. The fraction of sp³-hybridized carbons (Fsp3) is 0.364. The van der Waals surface area contributed by atoms with Gasteiger partial charge in [-0.3, -0.25) is 10.1 Å². The van der Waals surface area contributed by atoms with E-state index < -0.39 is 17.2 Å². The van der Waals surface area contributed by atoms with Gasteiger partial charge in [0.15, 0.2) is 5.54 Å². The molecule has 4 aromatic carbocycles. The van der Waals surface area contributed by atoms with Crippen molar-refractivity contribution in [1.29, 1.82) is 0 Å². The van der Waals surface area contributed by atoms with Crippen molar-refractivity contribution < 1.29 is 28.2 Å². The average molecular weight is 748 g/mol. The number of aryl methyl sites for hydroxylation is 2. The van der Waals surface area contributed by atoms with Gasteiger partial charge in [-0.1, -0.05) is 92.7 Å². The molecule has 1 aromatic heterocycles. The molecule has 2 aliphatic rings. The second kappa shape index (κ2) is 17.4. The molecule has 2 heterocycles. The minimum Gasteiger partial charge on any atom is -0.457 e. The molecule has 288 valence electrons. The molecule has 7 rings (SSSR count). The smallest absolute Gasteiger partial charge is 0.332 e. The van der Waals surface area contributed by atoms with E-state index in [1.54, 1.807) is 6.07 Å². The molecule has 0 radical (unpaired) electrons. The van der Waals surface area contributed by atoms with Crippen LogP contribution in [0, 0.1) is 11.7 Å². The third kappa shape index (κ3) is 8.79. The van der Waals surface area contributed by atoms with Crippen molar-refractivity contribution in [2.45, 2.75) is 63.0 Å². The Morgan fingerprint density at radius 2 is 1.62 bits per heavy atom. The number of ether oxygens (including phenoxy) is 2. The van der Waals surface area contributed by atoms with Gasteiger partial charge in [0.25, 0.3) is 5.91 Å². The number of aromatic amines is 1. The van der Waals surface area contributed by atoms with Crippen LogP contribution in [0.3, 0.4) is 0 Å². The van der Waals surface area contributed by atoms with Crippen molar-refractivity contribution in [1.82, 2.24) is 25.5 Å². The predicted molar refractivity (Wildman–Crippen MR) is 210 cm³/mol. The predicted octanol–water partition coefficient (Wildman–Crippen LogP) is 7.04. The van der Waals surface area contributed by atoms with Crippen LogP contribution in [-0.2, 0) is 37.4 Å². The lowest BCUT2D eigenvalue weighted by Gasteiger charge is -2.47. The van der Waals surface area contributed by atoms with Crippen LogP contribution >= 0.6 is 0 Å². The molecule has 1 aliphatic carbocycles. The molecule has 0 spiro atoms. The lowest BCUT2D eigenvalue weighted by atomic mass is 9.65. The summed E-state index contributed by atoms with van der Waals surface area (Å²) in [6.45, 7) is 5.93. The fourth-order valence-corrected chi connectivity index (χ4v) is 8.20. The maximum absolute atomic E-state index is 14.0. The van der Waals surface area contributed by atoms with Gasteiger partial charge in [0.05, 0.1) is 11.0 Å². The van der Waals surface area contributed by atoms with E-state index in [4.69, 9.17) is 9.47 Å². The molecule has 55 heavy (non-hydrogen) atoms. The lowest BCUT2D eigenvalue weighted by Crippen LogP contribution is -2.49. The van der Waals surface area contributed by atoms with E-state index in [2.05, 4.69) is 46.4 Å². The summed E-state index contributed by atoms with van der Waals surface area (Å²) >= 11 is 0. The van der Waals surface area contributed by atoms with Crippen LogP contribution < -0.4 is 10.6 Å². The quantitative estimate of drug-likeness (QED) is 0.0872. The van der Waals surface area contributed by atoms with E-state index in [0.29, 0.717) is 19.3 Å². The number of H-pyrrole nitrogens is 1. The van der Waals surface area contributed by atoms with Crippen LogP contribution in [-0.4, -0.2) is 72.2 Å². The van der Waals surface area contributed by atoms with E-state index in [9.17, 15) is 18.8 Å². The lowest BCUT2D eigenvalue weighted by molar-refractivity contribution is -0.172. The number of benzene rings is 4. The number of carbonyl (C=O) groups excluding carboxylic acids is 3.